The minimum atomic E-state index is -0.519. The van der Waals surface area contributed by atoms with Crippen LogP contribution in [0.2, 0.25) is 0 Å². The molecule has 8 heteroatoms. The standard InChI is InChI=1S/C32H30N2O6/c1-3-37-27-17-13-26(14-18-27)32(36)40-29-19-10-24(20-30(29)38-4-2)21-33-34-31(35)25-11-15-28(16-12-25)39-22-23-8-6-5-7-9-23/h5-21H,3-4,22H2,1-2H3,(H,34,35). The highest BCUT2D eigenvalue weighted by atomic mass is 16.6. The molecular weight excluding hydrogens is 508 g/mol. The van der Waals surface area contributed by atoms with Crippen LogP contribution >= 0.6 is 0 Å². The van der Waals surface area contributed by atoms with Gasteiger partial charge in [-0.1, -0.05) is 30.3 Å². The average Bonchev–Trinajstić information content (AvgIpc) is 2.99. The third-order valence-corrected chi connectivity index (χ3v) is 5.62. The van der Waals surface area contributed by atoms with E-state index < -0.39 is 5.97 Å². The molecule has 0 heterocycles. The molecule has 0 aliphatic rings. The maximum atomic E-state index is 12.6. The van der Waals surface area contributed by atoms with E-state index in [9.17, 15) is 9.59 Å². The molecule has 4 aromatic carbocycles. The second kappa shape index (κ2) is 14.2. The Balaban J connectivity index is 1.33. The molecule has 0 unspecified atom stereocenters. The van der Waals surface area contributed by atoms with Gasteiger partial charge in [0.1, 0.15) is 18.1 Å². The van der Waals surface area contributed by atoms with Crippen LogP contribution in [0, 0.1) is 0 Å². The molecule has 0 aliphatic carbocycles. The van der Waals surface area contributed by atoms with Gasteiger partial charge in [-0.05, 0) is 91.7 Å². The fourth-order valence-corrected chi connectivity index (χ4v) is 3.64. The van der Waals surface area contributed by atoms with Gasteiger partial charge in [-0.3, -0.25) is 4.79 Å². The van der Waals surface area contributed by atoms with E-state index >= 15 is 0 Å². The Morgan fingerprint density at radius 1 is 0.725 bits per heavy atom. The predicted octanol–water partition coefficient (Wildman–Crippen LogP) is 6.05. The van der Waals surface area contributed by atoms with Crippen LogP contribution in [0.25, 0.3) is 0 Å². The Hall–Kier alpha value is -5.11. The predicted molar refractivity (Wildman–Crippen MR) is 152 cm³/mol. The second-order valence-corrected chi connectivity index (χ2v) is 8.48. The summed E-state index contributed by atoms with van der Waals surface area (Å²) in [5, 5.41) is 4.05. The van der Waals surface area contributed by atoms with Gasteiger partial charge in [-0.15, -0.1) is 0 Å². The van der Waals surface area contributed by atoms with Gasteiger partial charge in [0.05, 0.1) is 25.0 Å². The van der Waals surface area contributed by atoms with Crippen LogP contribution < -0.4 is 24.4 Å². The van der Waals surface area contributed by atoms with Crippen molar-refractivity contribution in [2.45, 2.75) is 20.5 Å². The number of nitrogens with zero attached hydrogens (tertiary/aromatic N) is 1. The maximum absolute atomic E-state index is 12.6. The summed E-state index contributed by atoms with van der Waals surface area (Å²) < 4.78 is 22.4. The summed E-state index contributed by atoms with van der Waals surface area (Å²) >= 11 is 0. The van der Waals surface area contributed by atoms with Crippen LogP contribution in [0.4, 0.5) is 0 Å². The summed E-state index contributed by atoms with van der Waals surface area (Å²) in [5.41, 5.74) is 5.04. The molecule has 1 amide bonds. The number of carbonyl (C=O) groups excluding carboxylic acids is 2. The summed E-state index contributed by atoms with van der Waals surface area (Å²) in [4.78, 5) is 25.1. The lowest BCUT2D eigenvalue weighted by Gasteiger charge is -2.11. The highest BCUT2D eigenvalue weighted by molar-refractivity contribution is 5.95. The lowest BCUT2D eigenvalue weighted by molar-refractivity contribution is 0.0728. The van der Waals surface area contributed by atoms with Crippen LogP contribution in [0.15, 0.2) is 102 Å². The Morgan fingerprint density at radius 3 is 2.05 bits per heavy atom. The van der Waals surface area contributed by atoms with Crippen LogP contribution in [-0.4, -0.2) is 31.3 Å². The summed E-state index contributed by atoms with van der Waals surface area (Å²) in [6.45, 7) is 5.08. The van der Waals surface area contributed by atoms with Crippen molar-refractivity contribution in [3.05, 3.63) is 119 Å². The van der Waals surface area contributed by atoms with Crippen molar-refractivity contribution in [2.75, 3.05) is 13.2 Å². The van der Waals surface area contributed by atoms with E-state index in [1.807, 2.05) is 44.2 Å². The number of hydrogen-bond donors (Lipinski definition) is 1. The van der Waals surface area contributed by atoms with E-state index in [2.05, 4.69) is 10.5 Å². The van der Waals surface area contributed by atoms with Crippen molar-refractivity contribution in [1.29, 1.82) is 0 Å². The molecule has 4 aromatic rings. The van der Waals surface area contributed by atoms with E-state index in [0.717, 1.165) is 5.56 Å². The number of nitrogens with one attached hydrogen (secondary N) is 1. The molecule has 40 heavy (non-hydrogen) atoms. The normalized spacial score (nSPS) is 10.7. The molecule has 0 spiro atoms. The number of esters is 1. The maximum Gasteiger partial charge on any atom is 0.343 e. The number of hydrazone groups is 1. The number of rotatable bonds is 12. The van der Waals surface area contributed by atoms with Crippen LogP contribution in [0.3, 0.4) is 0 Å². The van der Waals surface area contributed by atoms with Crippen molar-refractivity contribution >= 4 is 18.1 Å². The first-order valence-corrected chi connectivity index (χ1v) is 12.9. The van der Waals surface area contributed by atoms with Gasteiger partial charge in [0.15, 0.2) is 11.5 Å². The number of carbonyl (C=O) groups is 2. The number of hydrogen-bond acceptors (Lipinski definition) is 7. The first-order valence-electron chi connectivity index (χ1n) is 12.9. The average molecular weight is 539 g/mol. The number of benzene rings is 4. The number of ether oxygens (including phenoxy) is 4. The molecule has 0 bridgehead atoms. The highest BCUT2D eigenvalue weighted by Crippen LogP contribution is 2.29. The first kappa shape index (κ1) is 27.9. The van der Waals surface area contributed by atoms with Gasteiger partial charge < -0.3 is 18.9 Å². The molecular formula is C32H30N2O6. The molecule has 0 aromatic heterocycles. The molecule has 204 valence electrons. The fraction of sp³-hybridized carbons (Fsp3) is 0.156. The first-order chi connectivity index (χ1) is 19.6. The van der Waals surface area contributed by atoms with Gasteiger partial charge >= 0.3 is 5.97 Å². The third-order valence-electron chi connectivity index (χ3n) is 5.62. The van der Waals surface area contributed by atoms with Crippen LogP contribution in [0.1, 0.15) is 45.7 Å². The van der Waals surface area contributed by atoms with Crippen molar-refractivity contribution in [2.24, 2.45) is 5.10 Å². The number of amides is 1. The van der Waals surface area contributed by atoms with E-state index in [-0.39, 0.29) is 11.7 Å². The van der Waals surface area contributed by atoms with Crippen LogP contribution in [0.5, 0.6) is 23.0 Å². The second-order valence-electron chi connectivity index (χ2n) is 8.48. The molecule has 0 aliphatic heterocycles. The molecule has 0 saturated heterocycles. The topological polar surface area (TPSA) is 95.5 Å². The summed E-state index contributed by atoms with van der Waals surface area (Å²) in [6.07, 6.45) is 1.48. The Labute approximate surface area is 233 Å². The zero-order chi connectivity index (χ0) is 28.2. The quantitative estimate of drug-likeness (QED) is 0.102. The van der Waals surface area contributed by atoms with E-state index in [1.54, 1.807) is 66.7 Å². The Bertz CT molecular complexity index is 1430. The highest BCUT2D eigenvalue weighted by Gasteiger charge is 2.14. The minimum Gasteiger partial charge on any atom is -0.494 e. The van der Waals surface area contributed by atoms with Crippen molar-refractivity contribution < 1.29 is 28.5 Å². The van der Waals surface area contributed by atoms with E-state index in [1.165, 1.54) is 6.21 Å². The molecule has 0 radical (unpaired) electrons. The Morgan fingerprint density at radius 2 is 1.38 bits per heavy atom. The molecule has 0 atom stereocenters. The zero-order valence-electron chi connectivity index (χ0n) is 22.3. The fourth-order valence-electron chi connectivity index (χ4n) is 3.64. The van der Waals surface area contributed by atoms with Crippen molar-refractivity contribution in [3.63, 3.8) is 0 Å². The van der Waals surface area contributed by atoms with Gasteiger partial charge in [0.2, 0.25) is 0 Å². The van der Waals surface area contributed by atoms with Crippen molar-refractivity contribution in [1.82, 2.24) is 5.43 Å². The molecule has 1 N–H and O–H groups in total. The van der Waals surface area contributed by atoms with Gasteiger partial charge in [-0.25, -0.2) is 10.2 Å². The lowest BCUT2D eigenvalue weighted by Crippen LogP contribution is -2.17. The van der Waals surface area contributed by atoms with Gasteiger partial charge in [0, 0.05) is 5.56 Å². The lowest BCUT2D eigenvalue weighted by atomic mass is 10.2. The van der Waals surface area contributed by atoms with E-state index in [4.69, 9.17) is 18.9 Å². The van der Waals surface area contributed by atoms with E-state index in [0.29, 0.717) is 53.8 Å². The molecule has 4 rings (SSSR count). The summed E-state index contributed by atoms with van der Waals surface area (Å²) in [6, 6.07) is 28.4. The van der Waals surface area contributed by atoms with Gasteiger partial charge in [-0.2, -0.15) is 5.10 Å². The zero-order valence-corrected chi connectivity index (χ0v) is 22.3. The SMILES string of the molecule is CCOc1ccc(C(=O)Oc2ccc(C=NNC(=O)c3ccc(OCc4ccccc4)cc3)cc2OCC)cc1. The summed E-state index contributed by atoms with van der Waals surface area (Å²) in [5.74, 6) is 1.11. The monoisotopic (exact) mass is 538 g/mol. The van der Waals surface area contributed by atoms with Crippen molar-refractivity contribution in [3.8, 4) is 23.0 Å². The summed E-state index contributed by atoms with van der Waals surface area (Å²) in [7, 11) is 0. The molecule has 8 nitrogen and oxygen atoms in total. The Kier molecular flexibility index (Phi) is 9.88. The van der Waals surface area contributed by atoms with Crippen LogP contribution in [-0.2, 0) is 6.61 Å². The third kappa shape index (κ3) is 7.94. The largest absolute Gasteiger partial charge is 0.494 e. The van der Waals surface area contributed by atoms with Gasteiger partial charge in [0.25, 0.3) is 5.91 Å². The molecule has 0 fully saturated rings. The molecule has 0 saturated carbocycles. The minimum absolute atomic E-state index is 0.275. The smallest absolute Gasteiger partial charge is 0.343 e.